The van der Waals surface area contributed by atoms with E-state index in [1.165, 1.54) is 0 Å². The number of carboxylic acid groups (broad SMARTS) is 2. The lowest BCUT2D eigenvalue weighted by molar-refractivity contribution is 0.0695. The molecule has 0 aromatic heterocycles. The molecule has 0 heterocycles. The van der Waals surface area contributed by atoms with Gasteiger partial charge in [-0.3, -0.25) is 0 Å². The van der Waals surface area contributed by atoms with Gasteiger partial charge in [-0.1, -0.05) is 0 Å². The predicted molar refractivity (Wildman–Crippen MR) is 67.2 cm³/mol. The summed E-state index contributed by atoms with van der Waals surface area (Å²) in [6.07, 6.45) is 0. The van der Waals surface area contributed by atoms with Crippen molar-refractivity contribution in [1.82, 2.24) is 0 Å². The normalized spacial score (nSPS) is 10.4. The number of hydrogen-bond donors (Lipinski definition) is 2. The average Bonchev–Trinajstić information content (AvgIpc) is 2.15. The zero-order valence-corrected chi connectivity index (χ0v) is 11.8. The third kappa shape index (κ3) is 2.66. The molecule has 0 atom stereocenters. The third-order valence-corrected chi connectivity index (χ3v) is 4.32. The summed E-state index contributed by atoms with van der Waals surface area (Å²) in [4.78, 5) is 21.6. The Morgan fingerprint density at radius 2 is 1.44 bits per heavy atom. The van der Waals surface area contributed by atoms with E-state index in [4.69, 9.17) is 10.2 Å². The first-order chi connectivity index (χ1) is 7.34. The van der Waals surface area contributed by atoms with Crippen LogP contribution in [0.4, 0.5) is 0 Å². The fourth-order valence-corrected chi connectivity index (χ4v) is 3.41. The van der Waals surface area contributed by atoms with Gasteiger partial charge in [0, 0.05) is 3.57 Å². The first-order valence-electron chi connectivity index (χ1n) is 3.70. The van der Waals surface area contributed by atoms with Crippen LogP contribution in [0.1, 0.15) is 20.7 Å². The molecule has 0 unspecified atom stereocenters. The molecule has 6 nitrogen and oxygen atoms in total. The molecular formula is C8H4I2O6. The van der Waals surface area contributed by atoms with Crippen molar-refractivity contribution in [2.75, 3.05) is 0 Å². The maximum atomic E-state index is 11.0. The Bertz CT molecular complexity index is 502. The Labute approximate surface area is 110 Å². The monoisotopic (exact) mass is 450 g/mol. The molecule has 0 aliphatic heterocycles. The molecule has 1 rings (SSSR count). The van der Waals surface area contributed by atoms with Crippen LogP contribution in [0.25, 0.3) is 0 Å². The second-order valence-corrected chi connectivity index (χ2v) is 6.21. The van der Waals surface area contributed by atoms with E-state index >= 15 is 0 Å². The van der Waals surface area contributed by atoms with Crippen molar-refractivity contribution in [3.63, 3.8) is 0 Å². The van der Waals surface area contributed by atoms with E-state index in [1.807, 2.05) is 0 Å². The number of carbonyl (C=O) groups is 2. The lowest BCUT2D eigenvalue weighted by atomic mass is 10.1. The van der Waals surface area contributed by atoms with E-state index in [0.29, 0.717) is 3.57 Å². The zero-order chi connectivity index (χ0) is 12.5. The van der Waals surface area contributed by atoms with Crippen molar-refractivity contribution in [3.8, 4) is 0 Å². The van der Waals surface area contributed by atoms with Gasteiger partial charge in [0.2, 0.25) is 0 Å². The Hall–Kier alpha value is -0.780. The molecule has 0 amide bonds. The molecule has 1 aromatic carbocycles. The van der Waals surface area contributed by atoms with Crippen LogP contribution >= 0.6 is 42.4 Å². The number of halogens is 2. The largest absolute Gasteiger partial charge is 0.478 e. The molecule has 0 radical (unpaired) electrons. The fraction of sp³-hybridized carbons (Fsp3) is 0. The van der Waals surface area contributed by atoms with Gasteiger partial charge in [-0.05, 0) is 34.7 Å². The minimum atomic E-state index is -4.18. The summed E-state index contributed by atoms with van der Waals surface area (Å²) >= 11 is -2.46. The van der Waals surface area contributed by atoms with E-state index in [2.05, 4.69) is 0 Å². The number of benzene rings is 1. The van der Waals surface area contributed by atoms with Crippen LogP contribution in [0, 0.1) is 7.14 Å². The van der Waals surface area contributed by atoms with Crippen LogP contribution in [-0.4, -0.2) is 22.2 Å². The zero-order valence-electron chi connectivity index (χ0n) is 7.44. The van der Waals surface area contributed by atoms with E-state index in [1.54, 1.807) is 22.6 Å². The molecule has 0 saturated heterocycles. The topological polar surface area (TPSA) is 109 Å². The van der Waals surface area contributed by atoms with Crippen LogP contribution in [0.3, 0.4) is 0 Å². The Balaban J connectivity index is 3.74. The Morgan fingerprint density at radius 1 is 1.06 bits per heavy atom. The average molecular weight is 450 g/mol. The van der Waals surface area contributed by atoms with Crippen LogP contribution in [0.2, 0.25) is 0 Å². The SMILES string of the molecule is O=C(O)c1cc(I)cc(C(=O)O)c1I(=O)=O. The summed E-state index contributed by atoms with van der Waals surface area (Å²) in [5.74, 6) is -2.91. The summed E-state index contributed by atoms with van der Waals surface area (Å²) in [6.45, 7) is 0. The molecule has 16 heavy (non-hydrogen) atoms. The van der Waals surface area contributed by atoms with Crippen molar-refractivity contribution in [2.24, 2.45) is 0 Å². The highest BCUT2D eigenvalue weighted by Crippen LogP contribution is 2.28. The van der Waals surface area contributed by atoms with Gasteiger partial charge in [0.25, 0.3) is 0 Å². The Kier molecular flexibility index (Phi) is 4.18. The number of aromatic carboxylic acids is 2. The Morgan fingerprint density at radius 3 is 1.69 bits per heavy atom. The highest BCUT2D eigenvalue weighted by molar-refractivity contribution is 14.2. The quantitative estimate of drug-likeness (QED) is 0.684. The molecule has 0 aliphatic carbocycles. The number of rotatable bonds is 3. The van der Waals surface area contributed by atoms with Gasteiger partial charge in [0.05, 0.1) is 11.1 Å². The summed E-state index contributed by atoms with van der Waals surface area (Å²) in [6, 6.07) is 2.26. The minimum absolute atomic E-state index is 0.355. The summed E-state index contributed by atoms with van der Waals surface area (Å²) in [5, 5.41) is 17.6. The molecule has 0 bridgehead atoms. The number of carboxylic acids is 2. The molecule has 0 spiro atoms. The van der Waals surface area contributed by atoms with Crippen LogP contribution in [-0.2, 0) is 6.14 Å². The lowest BCUT2D eigenvalue weighted by Gasteiger charge is -2.03. The van der Waals surface area contributed by atoms with Gasteiger partial charge in [-0.15, -0.1) is 0 Å². The maximum Gasteiger partial charge on any atom is 0.342 e. The second kappa shape index (κ2) is 5.03. The van der Waals surface area contributed by atoms with Crippen molar-refractivity contribution < 1.29 is 25.9 Å². The van der Waals surface area contributed by atoms with Crippen molar-refractivity contribution in [1.29, 1.82) is 0 Å². The van der Waals surface area contributed by atoms with Gasteiger partial charge in [0.1, 0.15) is 3.57 Å². The smallest absolute Gasteiger partial charge is 0.342 e. The van der Waals surface area contributed by atoms with Gasteiger partial charge >= 0.3 is 31.7 Å². The van der Waals surface area contributed by atoms with Crippen molar-refractivity contribution >= 4 is 54.3 Å². The summed E-state index contributed by atoms with van der Waals surface area (Å²) in [7, 11) is 0. The highest BCUT2D eigenvalue weighted by atomic mass is 127. The van der Waals surface area contributed by atoms with E-state index < -0.39 is 46.4 Å². The van der Waals surface area contributed by atoms with Crippen molar-refractivity contribution in [3.05, 3.63) is 30.4 Å². The van der Waals surface area contributed by atoms with E-state index in [9.17, 15) is 15.7 Å². The molecule has 8 heteroatoms. The molecule has 2 N–H and O–H groups in total. The molecule has 0 fully saturated rings. The summed E-state index contributed by atoms with van der Waals surface area (Å²) < 4.78 is 21.7. The summed E-state index contributed by atoms with van der Waals surface area (Å²) in [5.41, 5.74) is -0.973. The van der Waals surface area contributed by atoms with Gasteiger partial charge in [0.15, 0.2) is 0 Å². The van der Waals surface area contributed by atoms with Gasteiger partial charge in [-0.25, -0.2) is 15.7 Å². The van der Waals surface area contributed by atoms with Crippen LogP contribution < -0.4 is 0 Å². The fourth-order valence-electron chi connectivity index (χ4n) is 1.07. The molecule has 0 saturated carbocycles. The minimum Gasteiger partial charge on any atom is -0.478 e. The lowest BCUT2D eigenvalue weighted by Crippen LogP contribution is -2.08. The first kappa shape index (κ1) is 13.3. The number of hydrogen-bond acceptors (Lipinski definition) is 4. The maximum absolute atomic E-state index is 11.0. The molecule has 0 aliphatic rings. The molecule has 1 aromatic rings. The first-order valence-corrected chi connectivity index (χ1v) is 7.62. The van der Waals surface area contributed by atoms with Crippen LogP contribution in [0.15, 0.2) is 12.1 Å². The standard InChI is InChI=1S/C8H4I2O6/c9-3-1-4(7(11)12)6(10(15)16)5(2-3)8(13)14/h1-2H,(H,11,12)(H,13,14). The van der Waals surface area contributed by atoms with Crippen molar-refractivity contribution in [2.45, 2.75) is 0 Å². The van der Waals surface area contributed by atoms with Gasteiger partial charge in [-0.2, -0.15) is 0 Å². The van der Waals surface area contributed by atoms with E-state index in [0.717, 1.165) is 12.1 Å². The van der Waals surface area contributed by atoms with E-state index in [-0.39, 0.29) is 0 Å². The van der Waals surface area contributed by atoms with Crippen LogP contribution in [0.5, 0.6) is 0 Å². The second-order valence-electron chi connectivity index (χ2n) is 2.64. The van der Waals surface area contributed by atoms with Gasteiger partial charge < -0.3 is 10.2 Å². The third-order valence-electron chi connectivity index (χ3n) is 1.65. The molecular weight excluding hydrogens is 446 g/mol. The molecule has 86 valence electrons. The highest BCUT2D eigenvalue weighted by Gasteiger charge is 2.23. The predicted octanol–water partition coefficient (Wildman–Crippen LogP) is 2.05.